The first-order chi connectivity index (χ1) is 9.58. The molecule has 4 heteroatoms. The van der Waals surface area contributed by atoms with Gasteiger partial charge in [-0.15, -0.1) is 0 Å². The van der Waals surface area contributed by atoms with Gasteiger partial charge in [-0.2, -0.15) is 0 Å². The van der Waals surface area contributed by atoms with E-state index in [1.807, 2.05) is 32.0 Å². The molecule has 4 nitrogen and oxygen atoms in total. The molecule has 1 heterocycles. The number of nitrogens with zero attached hydrogens (tertiary/aromatic N) is 1. The van der Waals surface area contributed by atoms with Crippen LogP contribution in [0.25, 0.3) is 0 Å². The molecule has 0 bridgehead atoms. The fourth-order valence-electron chi connectivity index (χ4n) is 2.43. The minimum absolute atomic E-state index is 0.0904. The highest BCUT2D eigenvalue weighted by atomic mass is 16.5. The molecule has 0 saturated heterocycles. The molecule has 20 heavy (non-hydrogen) atoms. The monoisotopic (exact) mass is 274 g/mol. The zero-order valence-corrected chi connectivity index (χ0v) is 12.3. The summed E-state index contributed by atoms with van der Waals surface area (Å²) in [4.78, 5) is 13.8. The largest absolute Gasteiger partial charge is 0.445 e. The van der Waals surface area contributed by atoms with E-state index in [2.05, 4.69) is 35.5 Å². The maximum Gasteiger partial charge on any atom is 0.407 e. The number of amides is 1. The Morgan fingerprint density at radius 3 is 2.75 bits per heavy atom. The summed E-state index contributed by atoms with van der Waals surface area (Å²) in [6.45, 7) is 5.04. The summed E-state index contributed by atoms with van der Waals surface area (Å²) in [6, 6.07) is 10.6. The van der Waals surface area contributed by atoms with E-state index in [1.54, 1.807) is 0 Å². The number of benzene rings is 1. The second kappa shape index (κ2) is 6.57. The van der Waals surface area contributed by atoms with E-state index in [0.717, 1.165) is 12.1 Å². The lowest BCUT2D eigenvalue weighted by atomic mass is 10.0. The van der Waals surface area contributed by atoms with Crippen LogP contribution in [0.1, 0.15) is 25.5 Å². The summed E-state index contributed by atoms with van der Waals surface area (Å²) in [5.74, 6) is 0. The zero-order chi connectivity index (χ0) is 14.5. The van der Waals surface area contributed by atoms with Crippen molar-refractivity contribution >= 4 is 6.09 Å². The molecule has 1 aliphatic heterocycles. The normalized spacial score (nSPS) is 19.0. The standard InChI is InChI=1S/C16H22N2O2/c1-12(2)17-16(19)20-11-14-9-10-18(3)15(14)13-7-5-4-6-8-13/h4-9,12,15H,10-11H2,1-3H3,(H,17,19). The van der Waals surface area contributed by atoms with Crippen LogP contribution in [0.15, 0.2) is 42.0 Å². The van der Waals surface area contributed by atoms with Gasteiger partial charge in [0.25, 0.3) is 0 Å². The molecule has 108 valence electrons. The molecule has 1 atom stereocenters. The average molecular weight is 274 g/mol. The quantitative estimate of drug-likeness (QED) is 0.858. The average Bonchev–Trinajstić information content (AvgIpc) is 2.78. The van der Waals surface area contributed by atoms with Crippen LogP contribution in [0.3, 0.4) is 0 Å². The van der Waals surface area contributed by atoms with E-state index in [9.17, 15) is 4.79 Å². The van der Waals surface area contributed by atoms with Gasteiger partial charge in [0.15, 0.2) is 0 Å². The van der Waals surface area contributed by atoms with Crippen LogP contribution in [-0.4, -0.2) is 37.2 Å². The van der Waals surface area contributed by atoms with Crippen LogP contribution < -0.4 is 5.32 Å². The lowest BCUT2D eigenvalue weighted by Crippen LogP contribution is -2.31. The van der Waals surface area contributed by atoms with E-state index in [4.69, 9.17) is 4.74 Å². The third kappa shape index (κ3) is 3.61. The lowest BCUT2D eigenvalue weighted by Gasteiger charge is -2.23. The second-order valence-corrected chi connectivity index (χ2v) is 5.41. The maximum atomic E-state index is 11.6. The molecule has 0 aromatic heterocycles. The molecule has 0 radical (unpaired) electrons. The van der Waals surface area contributed by atoms with E-state index in [1.165, 1.54) is 5.56 Å². The smallest absolute Gasteiger partial charge is 0.407 e. The highest BCUT2D eigenvalue weighted by molar-refractivity contribution is 5.67. The molecule has 2 rings (SSSR count). The molecule has 0 saturated carbocycles. The van der Waals surface area contributed by atoms with Crippen molar-refractivity contribution in [1.29, 1.82) is 0 Å². The van der Waals surface area contributed by atoms with Gasteiger partial charge in [0.05, 0.1) is 6.04 Å². The van der Waals surface area contributed by atoms with Gasteiger partial charge < -0.3 is 10.1 Å². The highest BCUT2D eigenvalue weighted by Crippen LogP contribution is 2.31. The van der Waals surface area contributed by atoms with E-state index in [0.29, 0.717) is 6.61 Å². The summed E-state index contributed by atoms with van der Waals surface area (Å²) in [5, 5.41) is 2.73. The molecule has 1 aliphatic rings. The minimum Gasteiger partial charge on any atom is -0.445 e. The van der Waals surface area contributed by atoms with Crippen LogP contribution in [0.2, 0.25) is 0 Å². The SMILES string of the molecule is CC(C)NC(=O)OCC1=CCN(C)C1c1ccccc1. The van der Waals surface area contributed by atoms with Gasteiger partial charge in [0.2, 0.25) is 0 Å². The van der Waals surface area contributed by atoms with Gasteiger partial charge in [-0.05, 0) is 32.0 Å². The zero-order valence-electron chi connectivity index (χ0n) is 12.3. The number of nitrogens with one attached hydrogen (secondary N) is 1. The van der Waals surface area contributed by atoms with Crippen LogP contribution >= 0.6 is 0 Å². The Bertz CT molecular complexity index is 483. The molecule has 0 aliphatic carbocycles. The minimum atomic E-state index is -0.359. The Balaban J connectivity index is 1.99. The number of hydrogen-bond donors (Lipinski definition) is 1. The molecule has 1 unspecified atom stereocenters. The number of ether oxygens (including phenoxy) is 1. The third-order valence-electron chi connectivity index (χ3n) is 3.33. The summed E-state index contributed by atoms with van der Waals surface area (Å²) in [5.41, 5.74) is 2.37. The molecular formula is C16H22N2O2. The molecule has 0 fully saturated rings. The third-order valence-corrected chi connectivity index (χ3v) is 3.33. The number of carbonyl (C=O) groups excluding carboxylic acids is 1. The fraction of sp³-hybridized carbons (Fsp3) is 0.438. The first-order valence-electron chi connectivity index (χ1n) is 6.95. The Morgan fingerprint density at radius 1 is 1.40 bits per heavy atom. The van der Waals surface area contributed by atoms with Crippen molar-refractivity contribution in [2.24, 2.45) is 0 Å². The van der Waals surface area contributed by atoms with Crippen LogP contribution in [-0.2, 0) is 4.74 Å². The summed E-state index contributed by atoms with van der Waals surface area (Å²) >= 11 is 0. The Kier molecular flexibility index (Phi) is 4.79. The van der Waals surface area contributed by atoms with Crippen LogP contribution in [0.5, 0.6) is 0 Å². The Labute approximate surface area is 120 Å². The molecule has 1 aromatic rings. The van der Waals surface area contributed by atoms with E-state index in [-0.39, 0.29) is 18.2 Å². The van der Waals surface area contributed by atoms with E-state index < -0.39 is 0 Å². The van der Waals surface area contributed by atoms with Gasteiger partial charge in [-0.3, -0.25) is 4.90 Å². The Hall–Kier alpha value is -1.81. The molecule has 1 amide bonds. The topological polar surface area (TPSA) is 41.6 Å². The van der Waals surface area contributed by atoms with Crippen molar-refractivity contribution in [3.8, 4) is 0 Å². The molecular weight excluding hydrogens is 252 g/mol. The number of likely N-dealkylation sites (N-methyl/N-ethyl adjacent to an activating group) is 1. The van der Waals surface area contributed by atoms with Crippen molar-refractivity contribution in [3.05, 3.63) is 47.5 Å². The predicted molar refractivity (Wildman–Crippen MR) is 79.5 cm³/mol. The maximum absolute atomic E-state index is 11.6. The molecule has 1 N–H and O–H groups in total. The fourth-order valence-corrected chi connectivity index (χ4v) is 2.43. The molecule has 0 spiro atoms. The lowest BCUT2D eigenvalue weighted by molar-refractivity contribution is 0.149. The van der Waals surface area contributed by atoms with Gasteiger partial charge in [0.1, 0.15) is 6.61 Å². The summed E-state index contributed by atoms with van der Waals surface area (Å²) < 4.78 is 5.29. The van der Waals surface area contributed by atoms with Crippen LogP contribution in [0, 0.1) is 0 Å². The summed E-state index contributed by atoms with van der Waals surface area (Å²) in [6.07, 6.45) is 1.78. The van der Waals surface area contributed by atoms with Gasteiger partial charge in [-0.1, -0.05) is 36.4 Å². The predicted octanol–water partition coefficient (Wildman–Crippen LogP) is 2.73. The summed E-state index contributed by atoms with van der Waals surface area (Å²) in [7, 11) is 2.08. The van der Waals surface area contributed by atoms with Crippen molar-refractivity contribution in [2.75, 3.05) is 20.2 Å². The van der Waals surface area contributed by atoms with E-state index >= 15 is 0 Å². The second-order valence-electron chi connectivity index (χ2n) is 5.41. The van der Waals surface area contributed by atoms with Crippen molar-refractivity contribution in [1.82, 2.24) is 10.2 Å². The Morgan fingerprint density at radius 2 is 2.10 bits per heavy atom. The first kappa shape index (κ1) is 14.6. The van der Waals surface area contributed by atoms with Crippen molar-refractivity contribution in [2.45, 2.75) is 25.9 Å². The van der Waals surface area contributed by atoms with Crippen LogP contribution in [0.4, 0.5) is 4.79 Å². The first-order valence-corrected chi connectivity index (χ1v) is 6.95. The molecule has 1 aromatic carbocycles. The van der Waals surface area contributed by atoms with Gasteiger partial charge in [-0.25, -0.2) is 4.79 Å². The highest BCUT2D eigenvalue weighted by Gasteiger charge is 2.26. The van der Waals surface area contributed by atoms with Gasteiger partial charge >= 0.3 is 6.09 Å². The van der Waals surface area contributed by atoms with Gasteiger partial charge in [0, 0.05) is 12.6 Å². The number of rotatable bonds is 4. The number of hydrogen-bond acceptors (Lipinski definition) is 3. The van der Waals surface area contributed by atoms with Crippen molar-refractivity contribution < 1.29 is 9.53 Å². The number of carbonyl (C=O) groups is 1. The number of alkyl carbamates (subject to hydrolysis) is 1. The van der Waals surface area contributed by atoms with Crippen molar-refractivity contribution in [3.63, 3.8) is 0 Å².